The minimum absolute atomic E-state index is 0.479. The highest BCUT2D eigenvalue weighted by atomic mass is 35.5. The summed E-state index contributed by atoms with van der Waals surface area (Å²) >= 11 is 17.6. The molecule has 8 heteroatoms. The summed E-state index contributed by atoms with van der Waals surface area (Å²) in [6.45, 7) is 0.995. The van der Waals surface area contributed by atoms with Crippen LogP contribution in [0.1, 0.15) is 11.3 Å². The number of nitrogens with one attached hydrogen (secondary N) is 2. The van der Waals surface area contributed by atoms with Crippen LogP contribution in [0.25, 0.3) is 0 Å². The predicted molar refractivity (Wildman–Crippen MR) is 99.6 cm³/mol. The third kappa shape index (κ3) is 4.29. The van der Waals surface area contributed by atoms with E-state index in [1.54, 1.807) is 29.3 Å². The predicted octanol–water partition coefficient (Wildman–Crippen LogP) is 4.32. The number of rotatable bonds is 5. The fourth-order valence-corrected chi connectivity index (χ4v) is 2.82. The van der Waals surface area contributed by atoms with Crippen molar-refractivity contribution in [3.05, 3.63) is 70.4 Å². The van der Waals surface area contributed by atoms with Gasteiger partial charge in [-0.2, -0.15) is 5.10 Å². The van der Waals surface area contributed by atoms with Crippen molar-refractivity contribution in [2.75, 3.05) is 5.32 Å². The lowest BCUT2D eigenvalue weighted by Crippen LogP contribution is -2.27. The van der Waals surface area contributed by atoms with Gasteiger partial charge in [-0.1, -0.05) is 29.3 Å². The molecule has 0 saturated heterocycles. The van der Waals surface area contributed by atoms with E-state index in [1.807, 2.05) is 24.4 Å². The highest BCUT2D eigenvalue weighted by molar-refractivity contribution is 7.80. The number of anilines is 1. The summed E-state index contributed by atoms with van der Waals surface area (Å²) in [5.41, 5.74) is 1.60. The molecule has 0 bridgehead atoms. The highest BCUT2D eigenvalue weighted by Gasteiger charge is 2.08. The van der Waals surface area contributed by atoms with Crippen LogP contribution >= 0.6 is 35.4 Å². The van der Waals surface area contributed by atoms with Gasteiger partial charge in [-0.3, -0.25) is 4.68 Å². The quantitative estimate of drug-likeness (QED) is 0.645. The maximum Gasteiger partial charge on any atom is 0.171 e. The number of halogens is 2. The number of nitrogens with zero attached hydrogens (tertiary/aromatic N) is 2. The molecule has 0 aliphatic rings. The number of furan rings is 1. The van der Waals surface area contributed by atoms with Crippen molar-refractivity contribution in [3.8, 4) is 0 Å². The van der Waals surface area contributed by atoms with Crippen LogP contribution in [-0.2, 0) is 13.1 Å². The molecule has 0 aliphatic heterocycles. The Morgan fingerprint density at radius 3 is 2.71 bits per heavy atom. The molecule has 3 aromatic rings. The zero-order valence-electron chi connectivity index (χ0n) is 12.5. The Morgan fingerprint density at radius 2 is 2.00 bits per heavy atom. The largest absolute Gasteiger partial charge is 0.467 e. The normalized spacial score (nSPS) is 10.6. The van der Waals surface area contributed by atoms with Gasteiger partial charge >= 0.3 is 0 Å². The van der Waals surface area contributed by atoms with Crippen molar-refractivity contribution in [1.29, 1.82) is 0 Å². The van der Waals surface area contributed by atoms with Gasteiger partial charge in [0.05, 0.1) is 31.2 Å². The van der Waals surface area contributed by atoms with Gasteiger partial charge in [0.2, 0.25) is 0 Å². The Labute approximate surface area is 154 Å². The van der Waals surface area contributed by atoms with Crippen LogP contribution in [0.5, 0.6) is 0 Å². The SMILES string of the molecule is S=C(NCc1ccco1)Nc1cnn(Cc2c(Cl)cccc2Cl)c1. The number of hydrogen-bond acceptors (Lipinski definition) is 3. The van der Waals surface area contributed by atoms with Crippen LogP contribution < -0.4 is 10.6 Å². The van der Waals surface area contributed by atoms with Gasteiger partial charge in [0.15, 0.2) is 5.11 Å². The molecule has 124 valence electrons. The lowest BCUT2D eigenvalue weighted by atomic mass is 10.2. The second-order valence-corrected chi connectivity index (χ2v) is 6.24. The minimum Gasteiger partial charge on any atom is -0.467 e. The molecule has 2 heterocycles. The lowest BCUT2D eigenvalue weighted by Gasteiger charge is -2.08. The first-order valence-electron chi connectivity index (χ1n) is 7.14. The van der Waals surface area contributed by atoms with E-state index in [4.69, 9.17) is 39.8 Å². The zero-order valence-corrected chi connectivity index (χ0v) is 14.8. The molecule has 0 spiro atoms. The number of thiocarbonyl (C=S) groups is 1. The Bertz CT molecular complexity index is 812. The molecule has 0 fully saturated rings. The van der Waals surface area contributed by atoms with Gasteiger partial charge in [-0.15, -0.1) is 0 Å². The molecule has 1 aromatic carbocycles. The van der Waals surface area contributed by atoms with Crippen LogP contribution in [0.3, 0.4) is 0 Å². The van der Waals surface area contributed by atoms with Crippen molar-refractivity contribution in [2.45, 2.75) is 13.1 Å². The smallest absolute Gasteiger partial charge is 0.171 e. The second kappa shape index (κ2) is 7.70. The minimum atomic E-state index is 0.479. The first kappa shape index (κ1) is 16.8. The van der Waals surface area contributed by atoms with Gasteiger partial charge in [-0.05, 0) is 36.5 Å². The maximum absolute atomic E-state index is 6.18. The van der Waals surface area contributed by atoms with E-state index >= 15 is 0 Å². The molecule has 0 amide bonds. The average Bonchev–Trinajstić information content (AvgIpc) is 3.21. The van der Waals surface area contributed by atoms with Gasteiger partial charge in [0, 0.05) is 21.8 Å². The summed E-state index contributed by atoms with van der Waals surface area (Å²) in [7, 11) is 0. The van der Waals surface area contributed by atoms with Crippen molar-refractivity contribution in [1.82, 2.24) is 15.1 Å². The van der Waals surface area contributed by atoms with E-state index in [0.29, 0.717) is 28.2 Å². The summed E-state index contributed by atoms with van der Waals surface area (Å²) in [4.78, 5) is 0. The summed E-state index contributed by atoms with van der Waals surface area (Å²) in [5, 5.41) is 12.1. The lowest BCUT2D eigenvalue weighted by molar-refractivity contribution is 0.503. The molecule has 2 aromatic heterocycles. The molecule has 3 rings (SSSR count). The van der Waals surface area contributed by atoms with Crippen molar-refractivity contribution in [3.63, 3.8) is 0 Å². The van der Waals surface area contributed by atoms with Crippen LogP contribution in [0.15, 0.2) is 53.4 Å². The van der Waals surface area contributed by atoms with Crippen LogP contribution in [0.4, 0.5) is 5.69 Å². The highest BCUT2D eigenvalue weighted by Crippen LogP contribution is 2.25. The number of benzene rings is 1. The molecule has 0 aliphatic carbocycles. The zero-order chi connectivity index (χ0) is 16.9. The van der Waals surface area contributed by atoms with Crippen molar-refractivity contribution < 1.29 is 4.42 Å². The summed E-state index contributed by atoms with van der Waals surface area (Å²) in [6.07, 6.45) is 5.14. The Balaban J connectivity index is 1.58. The number of aromatic nitrogens is 2. The summed E-state index contributed by atoms with van der Waals surface area (Å²) in [6, 6.07) is 9.13. The molecule has 0 radical (unpaired) electrons. The van der Waals surface area contributed by atoms with E-state index in [2.05, 4.69) is 15.7 Å². The van der Waals surface area contributed by atoms with E-state index in [9.17, 15) is 0 Å². The van der Waals surface area contributed by atoms with Crippen molar-refractivity contribution >= 4 is 46.2 Å². The first-order chi connectivity index (χ1) is 11.6. The van der Waals surface area contributed by atoms with Gasteiger partial charge in [-0.25, -0.2) is 0 Å². The maximum atomic E-state index is 6.18. The topological polar surface area (TPSA) is 55.0 Å². The monoisotopic (exact) mass is 380 g/mol. The molecule has 0 atom stereocenters. The van der Waals surface area contributed by atoms with E-state index in [1.165, 1.54) is 0 Å². The number of hydrogen-bond donors (Lipinski definition) is 2. The molecular formula is C16H14Cl2N4OS. The molecule has 0 saturated carbocycles. The standard InChI is InChI=1S/C16H14Cl2N4OS/c17-14-4-1-5-15(18)13(14)10-22-9-11(7-20-22)21-16(24)19-8-12-3-2-6-23-12/h1-7,9H,8,10H2,(H2,19,21,24). The molecule has 24 heavy (non-hydrogen) atoms. The molecule has 5 nitrogen and oxygen atoms in total. The fourth-order valence-electron chi connectivity index (χ4n) is 2.12. The first-order valence-corrected chi connectivity index (χ1v) is 8.31. The molecule has 2 N–H and O–H groups in total. The van der Waals surface area contributed by atoms with E-state index in [0.717, 1.165) is 17.0 Å². The van der Waals surface area contributed by atoms with E-state index in [-0.39, 0.29) is 0 Å². The van der Waals surface area contributed by atoms with Gasteiger partial charge in [0.1, 0.15) is 5.76 Å². The Morgan fingerprint density at radius 1 is 1.21 bits per heavy atom. The van der Waals surface area contributed by atoms with Crippen molar-refractivity contribution in [2.24, 2.45) is 0 Å². The fraction of sp³-hybridized carbons (Fsp3) is 0.125. The Hall–Kier alpha value is -2.02. The summed E-state index contributed by atoms with van der Waals surface area (Å²) < 4.78 is 6.98. The third-order valence-corrected chi connectivity index (χ3v) is 4.23. The average molecular weight is 381 g/mol. The molecular weight excluding hydrogens is 367 g/mol. The van der Waals surface area contributed by atoms with Gasteiger partial charge < -0.3 is 15.1 Å². The Kier molecular flexibility index (Phi) is 5.40. The third-order valence-electron chi connectivity index (χ3n) is 3.28. The summed E-state index contributed by atoms with van der Waals surface area (Å²) in [5.74, 6) is 0.809. The van der Waals surface area contributed by atoms with Gasteiger partial charge in [0.25, 0.3) is 0 Å². The molecule has 0 unspecified atom stereocenters. The second-order valence-electron chi connectivity index (χ2n) is 5.01. The van der Waals surface area contributed by atoms with Crippen LogP contribution in [0, 0.1) is 0 Å². The van der Waals surface area contributed by atoms with E-state index < -0.39 is 0 Å². The van der Waals surface area contributed by atoms with Crippen LogP contribution in [0.2, 0.25) is 10.0 Å². The van der Waals surface area contributed by atoms with Crippen LogP contribution in [-0.4, -0.2) is 14.9 Å².